The van der Waals surface area contributed by atoms with Crippen LogP contribution in [-0.4, -0.2) is 39.2 Å². The van der Waals surface area contributed by atoms with Gasteiger partial charge < -0.3 is 18.6 Å². The molecule has 4 atom stereocenters. The Bertz CT molecular complexity index is 712. The van der Waals surface area contributed by atoms with Crippen LogP contribution in [0.5, 0.6) is 0 Å². The van der Waals surface area contributed by atoms with Crippen molar-refractivity contribution in [1.82, 2.24) is 0 Å². The third-order valence-corrected chi connectivity index (χ3v) is 10.9. The molecule has 0 amide bonds. The second-order valence-corrected chi connectivity index (χ2v) is 14.5. The van der Waals surface area contributed by atoms with Crippen molar-refractivity contribution in [1.29, 1.82) is 0 Å². The van der Waals surface area contributed by atoms with E-state index in [4.69, 9.17) is 18.6 Å². The maximum Gasteiger partial charge on any atom is 0.308 e. The van der Waals surface area contributed by atoms with Gasteiger partial charge in [0.15, 0.2) is 14.6 Å². The van der Waals surface area contributed by atoms with E-state index < -0.39 is 20.2 Å². The van der Waals surface area contributed by atoms with Gasteiger partial charge in [-0.05, 0) is 37.9 Å². The van der Waals surface area contributed by atoms with Crippen molar-refractivity contribution in [2.45, 2.75) is 89.2 Å². The molecular weight excluding hydrogens is 396 g/mol. The number of ether oxygens (including phenoxy) is 3. The first kappa shape index (κ1) is 24.8. The Labute approximate surface area is 182 Å². The van der Waals surface area contributed by atoms with Crippen molar-refractivity contribution < 1.29 is 23.4 Å². The number of carbonyl (C=O) groups is 1. The molecule has 0 spiro atoms. The largest absolute Gasteiger partial charge is 0.469 e. The zero-order chi connectivity index (χ0) is 22.6. The van der Waals surface area contributed by atoms with Crippen molar-refractivity contribution in [3.8, 4) is 0 Å². The molecule has 1 saturated heterocycles. The number of rotatable bonds is 9. The molecule has 1 heterocycles. The lowest BCUT2D eigenvalue weighted by molar-refractivity contribution is -0.143. The predicted molar refractivity (Wildman–Crippen MR) is 122 cm³/mol. The van der Waals surface area contributed by atoms with Crippen LogP contribution < -0.4 is 0 Å². The standard InChI is InChI=1S/C24H38O5Si/c1-9-20-24(5,28-22(27-20)18-13-11-10-12-14-18)16-15-19(17-21(25)26-6)29-30(7,8)23(2,3)4/h9-14,19-20,22H,1,15-17H2,2-8H3/t19-,20-,22-,24+/m0/s1. The third kappa shape index (κ3) is 6.03. The molecule has 0 N–H and O–H groups in total. The van der Waals surface area contributed by atoms with Gasteiger partial charge in [-0.2, -0.15) is 0 Å². The molecule has 0 aliphatic carbocycles. The fourth-order valence-electron chi connectivity index (χ4n) is 3.39. The van der Waals surface area contributed by atoms with E-state index in [0.717, 1.165) is 5.56 Å². The molecule has 1 aromatic carbocycles. The first-order chi connectivity index (χ1) is 13.9. The smallest absolute Gasteiger partial charge is 0.308 e. The molecule has 0 radical (unpaired) electrons. The maximum atomic E-state index is 12.0. The molecule has 0 aromatic heterocycles. The van der Waals surface area contributed by atoms with E-state index in [9.17, 15) is 4.79 Å². The fraction of sp³-hybridized carbons (Fsp3) is 0.625. The van der Waals surface area contributed by atoms with E-state index in [-0.39, 0.29) is 29.6 Å². The molecule has 1 aromatic rings. The summed E-state index contributed by atoms with van der Waals surface area (Å²) in [6, 6.07) is 9.91. The highest BCUT2D eigenvalue weighted by atomic mass is 28.4. The minimum atomic E-state index is -2.04. The molecule has 1 aliphatic rings. The minimum absolute atomic E-state index is 0.0559. The second-order valence-electron chi connectivity index (χ2n) is 9.78. The van der Waals surface area contributed by atoms with Gasteiger partial charge in [0, 0.05) is 5.56 Å². The molecule has 0 unspecified atom stereocenters. The van der Waals surface area contributed by atoms with Gasteiger partial charge in [-0.25, -0.2) is 0 Å². The number of carbonyl (C=O) groups excluding carboxylic acids is 1. The van der Waals surface area contributed by atoms with Crippen molar-refractivity contribution in [3.63, 3.8) is 0 Å². The molecule has 0 saturated carbocycles. The Morgan fingerprint density at radius 1 is 1.30 bits per heavy atom. The highest BCUT2D eigenvalue weighted by Gasteiger charge is 2.46. The number of benzene rings is 1. The maximum absolute atomic E-state index is 12.0. The first-order valence-electron chi connectivity index (χ1n) is 10.7. The predicted octanol–water partition coefficient (Wildman–Crippen LogP) is 5.78. The summed E-state index contributed by atoms with van der Waals surface area (Å²) in [5.74, 6) is -0.255. The summed E-state index contributed by atoms with van der Waals surface area (Å²) in [4.78, 5) is 12.0. The lowest BCUT2D eigenvalue weighted by Crippen LogP contribution is -2.45. The van der Waals surface area contributed by atoms with Crippen LogP contribution in [0, 0.1) is 0 Å². The lowest BCUT2D eigenvalue weighted by atomic mass is 9.91. The van der Waals surface area contributed by atoms with E-state index in [1.54, 1.807) is 6.08 Å². The topological polar surface area (TPSA) is 54.0 Å². The van der Waals surface area contributed by atoms with E-state index in [1.807, 2.05) is 37.3 Å². The Morgan fingerprint density at radius 3 is 2.47 bits per heavy atom. The summed E-state index contributed by atoms with van der Waals surface area (Å²) in [6.07, 6.45) is 2.50. The summed E-state index contributed by atoms with van der Waals surface area (Å²) < 4.78 is 24.0. The molecule has 30 heavy (non-hydrogen) atoms. The molecule has 1 aliphatic heterocycles. The van der Waals surface area contributed by atoms with Crippen LogP contribution in [-0.2, 0) is 23.4 Å². The molecule has 2 rings (SSSR count). The van der Waals surface area contributed by atoms with E-state index in [0.29, 0.717) is 12.8 Å². The van der Waals surface area contributed by atoms with Crippen molar-refractivity contribution in [2.24, 2.45) is 0 Å². The monoisotopic (exact) mass is 434 g/mol. The van der Waals surface area contributed by atoms with Gasteiger partial charge in [0.2, 0.25) is 0 Å². The first-order valence-corrected chi connectivity index (χ1v) is 13.6. The van der Waals surface area contributed by atoms with Crippen LogP contribution in [0.25, 0.3) is 0 Å². The van der Waals surface area contributed by atoms with Crippen molar-refractivity contribution >= 4 is 14.3 Å². The average molecular weight is 435 g/mol. The molecule has 1 fully saturated rings. The van der Waals surface area contributed by atoms with Gasteiger partial charge >= 0.3 is 5.97 Å². The number of methoxy groups -OCH3 is 1. The van der Waals surface area contributed by atoms with Crippen LogP contribution >= 0.6 is 0 Å². The van der Waals surface area contributed by atoms with Gasteiger partial charge in [0.05, 0.1) is 25.2 Å². The van der Waals surface area contributed by atoms with Gasteiger partial charge in [-0.3, -0.25) is 4.79 Å². The summed E-state index contributed by atoms with van der Waals surface area (Å²) >= 11 is 0. The molecule has 0 bridgehead atoms. The summed E-state index contributed by atoms with van der Waals surface area (Å²) in [5.41, 5.74) is 0.435. The van der Waals surface area contributed by atoms with E-state index in [1.165, 1.54) is 7.11 Å². The van der Waals surface area contributed by atoms with E-state index in [2.05, 4.69) is 40.4 Å². The molecule has 6 heteroatoms. The number of hydrogen-bond acceptors (Lipinski definition) is 5. The highest BCUT2D eigenvalue weighted by Crippen LogP contribution is 2.43. The highest BCUT2D eigenvalue weighted by molar-refractivity contribution is 6.74. The Morgan fingerprint density at radius 2 is 1.93 bits per heavy atom. The zero-order valence-electron chi connectivity index (χ0n) is 19.6. The fourth-order valence-corrected chi connectivity index (χ4v) is 4.78. The van der Waals surface area contributed by atoms with Gasteiger partial charge in [-0.15, -0.1) is 6.58 Å². The van der Waals surface area contributed by atoms with Crippen LogP contribution in [0.1, 0.15) is 58.8 Å². The van der Waals surface area contributed by atoms with Crippen LogP contribution in [0.4, 0.5) is 0 Å². The lowest BCUT2D eigenvalue weighted by Gasteiger charge is -2.40. The quantitative estimate of drug-likeness (QED) is 0.280. The van der Waals surface area contributed by atoms with Gasteiger partial charge in [0.25, 0.3) is 0 Å². The Balaban J connectivity index is 2.13. The van der Waals surface area contributed by atoms with E-state index >= 15 is 0 Å². The molecular formula is C24H38O5Si. The number of esters is 1. The minimum Gasteiger partial charge on any atom is -0.469 e. The summed E-state index contributed by atoms with van der Waals surface area (Å²) in [7, 11) is -0.624. The van der Waals surface area contributed by atoms with Crippen LogP contribution in [0.2, 0.25) is 18.1 Å². The normalized spacial score (nSPS) is 25.7. The van der Waals surface area contributed by atoms with Gasteiger partial charge in [0.1, 0.15) is 6.10 Å². The average Bonchev–Trinajstić information content (AvgIpc) is 3.02. The SMILES string of the molecule is C=C[C@@H]1O[C@H](c2ccccc2)O[C@]1(C)CC[C@@H](CC(=O)OC)O[Si](C)(C)C(C)(C)C. The third-order valence-electron chi connectivity index (χ3n) is 6.39. The van der Waals surface area contributed by atoms with Crippen molar-refractivity contribution in [2.75, 3.05) is 7.11 Å². The Kier molecular flexibility index (Phi) is 8.07. The van der Waals surface area contributed by atoms with Crippen LogP contribution in [0.3, 0.4) is 0 Å². The van der Waals surface area contributed by atoms with Crippen molar-refractivity contribution in [3.05, 3.63) is 48.6 Å². The van der Waals surface area contributed by atoms with Gasteiger partial charge in [-0.1, -0.05) is 57.2 Å². The second kappa shape index (κ2) is 9.77. The molecule has 5 nitrogen and oxygen atoms in total. The number of hydrogen-bond donors (Lipinski definition) is 0. The Hall–Kier alpha value is -1.47. The zero-order valence-corrected chi connectivity index (χ0v) is 20.6. The summed E-state index contributed by atoms with van der Waals surface area (Å²) in [6.45, 7) is 17.0. The molecule has 168 valence electrons. The summed E-state index contributed by atoms with van der Waals surface area (Å²) in [5, 5.41) is 0.0559. The van der Waals surface area contributed by atoms with Crippen LogP contribution in [0.15, 0.2) is 43.0 Å².